The smallest absolute Gasteiger partial charge is 0.338 e. The van der Waals surface area contributed by atoms with Crippen molar-refractivity contribution in [3.05, 3.63) is 34.4 Å². The molecular formula is C11H9NO6S. The molecule has 1 heterocycles. The topological polar surface area (TPSA) is 99.0 Å². The molecule has 1 aromatic rings. The Hall–Kier alpha value is -1.93. The van der Waals surface area contributed by atoms with Crippen molar-refractivity contribution in [2.75, 3.05) is 7.11 Å². The van der Waals surface area contributed by atoms with Gasteiger partial charge in [-0.25, -0.2) is 4.79 Å². The summed E-state index contributed by atoms with van der Waals surface area (Å²) in [7, 11) is 1.22. The second-order valence-electron chi connectivity index (χ2n) is 3.67. The fourth-order valence-electron chi connectivity index (χ4n) is 1.40. The number of epoxide rings is 1. The van der Waals surface area contributed by atoms with E-state index in [9.17, 15) is 19.7 Å². The molecule has 8 heteroatoms. The van der Waals surface area contributed by atoms with Gasteiger partial charge in [0.15, 0.2) is 12.2 Å². The van der Waals surface area contributed by atoms with Gasteiger partial charge in [-0.3, -0.25) is 14.9 Å². The standard InChI is InChI=1S/C11H9NO6S/c1-17-10(13)8-9(18-8)11(14)19-7-4-2-6(3-5-7)12(15)16/h2-5,8-9H,1H3. The third-order valence-electron chi connectivity index (χ3n) is 2.42. The van der Waals surface area contributed by atoms with Crippen LogP contribution in [-0.4, -0.2) is 35.3 Å². The van der Waals surface area contributed by atoms with E-state index in [1.54, 1.807) is 0 Å². The number of methoxy groups -OCH3 is 1. The second kappa shape index (κ2) is 5.37. The molecule has 0 spiro atoms. The molecule has 7 nitrogen and oxygen atoms in total. The van der Waals surface area contributed by atoms with E-state index in [0.29, 0.717) is 4.90 Å². The van der Waals surface area contributed by atoms with Gasteiger partial charge < -0.3 is 9.47 Å². The van der Waals surface area contributed by atoms with Gasteiger partial charge in [-0.1, -0.05) is 0 Å². The highest BCUT2D eigenvalue weighted by molar-refractivity contribution is 8.13. The third kappa shape index (κ3) is 3.09. The Morgan fingerprint density at radius 2 is 1.95 bits per heavy atom. The Morgan fingerprint density at radius 3 is 2.47 bits per heavy atom. The van der Waals surface area contributed by atoms with Crippen LogP contribution in [0.1, 0.15) is 0 Å². The van der Waals surface area contributed by atoms with Crippen LogP contribution in [0.5, 0.6) is 0 Å². The first-order valence-electron chi connectivity index (χ1n) is 5.22. The summed E-state index contributed by atoms with van der Waals surface area (Å²) in [5.74, 6) is -0.581. The van der Waals surface area contributed by atoms with E-state index in [1.807, 2.05) is 0 Å². The lowest BCUT2D eigenvalue weighted by atomic mass is 10.3. The Bertz CT molecular complexity index is 528. The van der Waals surface area contributed by atoms with Crippen LogP contribution in [0, 0.1) is 10.1 Å². The number of nitrogens with zero attached hydrogens (tertiary/aromatic N) is 1. The number of carbonyl (C=O) groups is 2. The van der Waals surface area contributed by atoms with E-state index in [0.717, 1.165) is 11.8 Å². The zero-order valence-electron chi connectivity index (χ0n) is 9.77. The number of nitro groups is 1. The van der Waals surface area contributed by atoms with E-state index in [2.05, 4.69) is 4.74 Å². The normalized spacial score (nSPS) is 20.7. The van der Waals surface area contributed by atoms with Gasteiger partial charge in [0.2, 0.25) is 5.12 Å². The summed E-state index contributed by atoms with van der Waals surface area (Å²) >= 11 is 0.872. The minimum absolute atomic E-state index is 0.0492. The summed E-state index contributed by atoms with van der Waals surface area (Å²) in [6.45, 7) is 0. The van der Waals surface area contributed by atoms with E-state index < -0.39 is 23.1 Å². The lowest BCUT2D eigenvalue weighted by Crippen LogP contribution is -2.15. The molecule has 0 aliphatic carbocycles. The van der Waals surface area contributed by atoms with Crippen molar-refractivity contribution >= 4 is 28.5 Å². The van der Waals surface area contributed by atoms with E-state index >= 15 is 0 Å². The fraction of sp³-hybridized carbons (Fsp3) is 0.273. The number of thioether (sulfide) groups is 1. The Kier molecular flexibility index (Phi) is 3.82. The molecule has 2 unspecified atom stereocenters. The van der Waals surface area contributed by atoms with Crippen LogP contribution in [0.25, 0.3) is 0 Å². The van der Waals surface area contributed by atoms with Crippen molar-refractivity contribution in [3.8, 4) is 0 Å². The fourth-order valence-corrected chi connectivity index (χ4v) is 2.20. The highest BCUT2D eigenvalue weighted by atomic mass is 32.2. The maximum absolute atomic E-state index is 11.7. The zero-order valence-corrected chi connectivity index (χ0v) is 10.6. The van der Waals surface area contributed by atoms with Crippen LogP contribution in [0.15, 0.2) is 29.2 Å². The van der Waals surface area contributed by atoms with Crippen LogP contribution in [0.3, 0.4) is 0 Å². The molecule has 0 aromatic heterocycles. The van der Waals surface area contributed by atoms with E-state index in [4.69, 9.17) is 4.74 Å². The molecule has 2 rings (SSSR count). The minimum atomic E-state index is -0.831. The van der Waals surface area contributed by atoms with Crippen LogP contribution >= 0.6 is 11.8 Å². The Morgan fingerprint density at radius 1 is 1.32 bits per heavy atom. The largest absolute Gasteiger partial charge is 0.467 e. The molecule has 0 saturated carbocycles. The molecule has 0 amide bonds. The lowest BCUT2D eigenvalue weighted by molar-refractivity contribution is -0.384. The maximum Gasteiger partial charge on any atom is 0.338 e. The first kappa shape index (κ1) is 13.5. The van der Waals surface area contributed by atoms with E-state index in [1.165, 1.54) is 31.4 Å². The summed E-state index contributed by atoms with van der Waals surface area (Å²) in [5.41, 5.74) is -0.0492. The third-order valence-corrected chi connectivity index (χ3v) is 3.36. The average Bonchev–Trinajstić information content (AvgIpc) is 3.18. The molecule has 0 N–H and O–H groups in total. The summed E-state index contributed by atoms with van der Waals surface area (Å²) in [5, 5.41) is 10.1. The summed E-state index contributed by atoms with van der Waals surface area (Å²) in [6.07, 6.45) is -1.63. The molecule has 19 heavy (non-hydrogen) atoms. The molecule has 1 aliphatic rings. The molecule has 2 atom stereocenters. The van der Waals surface area contributed by atoms with Crippen molar-refractivity contribution in [3.63, 3.8) is 0 Å². The highest BCUT2D eigenvalue weighted by Crippen LogP contribution is 2.32. The Labute approximate surface area is 112 Å². The average molecular weight is 283 g/mol. The number of carbonyl (C=O) groups excluding carboxylic acids is 2. The first-order chi connectivity index (χ1) is 9.02. The molecular weight excluding hydrogens is 274 g/mol. The molecule has 1 aliphatic heterocycles. The van der Waals surface area contributed by atoms with Gasteiger partial charge in [-0.05, 0) is 23.9 Å². The highest BCUT2D eigenvalue weighted by Gasteiger charge is 2.51. The first-order valence-corrected chi connectivity index (χ1v) is 6.04. The summed E-state index contributed by atoms with van der Waals surface area (Å²) in [6, 6.07) is 5.55. The van der Waals surface area contributed by atoms with Gasteiger partial charge >= 0.3 is 5.97 Å². The number of esters is 1. The number of ether oxygens (including phenoxy) is 2. The van der Waals surface area contributed by atoms with Crippen LogP contribution in [-0.2, 0) is 19.1 Å². The molecule has 1 aromatic carbocycles. The molecule has 0 bridgehead atoms. The van der Waals surface area contributed by atoms with Gasteiger partial charge in [-0.15, -0.1) is 0 Å². The van der Waals surface area contributed by atoms with Gasteiger partial charge in [0.05, 0.1) is 12.0 Å². The molecule has 1 saturated heterocycles. The van der Waals surface area contributed by atoms with Crippen molar-refractivity contribution in [1.29, 1.82) is 0 Å². The SMILES string of the molecule is COC(=O)C1OC1C(=O)Sc1ccc([N+](=O)[O-])cc1. The zero-order chi connectivity index (χ0) is 14.0. The second-order valence-corrected chi connectivity index (χ2v) is 4.75. The number of hydrogen-bond acceptors (Lipinski definition) is 7. The van der Waals surface area contributed by atoms with Crippen molar-refractivity contribution in [2.24, 2.45) is 0 Å². The molecule has 0 radical (unpaired) electrons. The number of nitro benzene ring substituents is 1. The van der Waals surface area contributed by atoms with Crippen molar-refractivity contribution in [1.82, 2.24) is 0 Å². The number of rotatable bonds is 4. The van der Waals surface area contributed by atoms with Crippen molar-refractivity contribution in [2.45, 2.75) is 17.1 Å². The number of hydrogen-bond donors (Lipinski definition) is 0. The monoisotopic (exact) mass is 283 g/mol. The minimum Gasteiger partial charge on any atom is -0.467 e. The quantitative estimate of drug-likeness (QED) is 0.269. The Balaban J connectivity index is 1.93. The van der Waals surface area contributed by atoms with Gasteiger partial charge in [-0.2, -0.15) is 0 Å². The predicted octanol–water partition coefficient (Wildman–Crippen LogP) is 1.15. The van der Waals surface area contributed by atoms with Crippen LogP contribution in [0.4, 0.5) is 5.69 Å². The van der Waals surface area contributed by atoms with Crippen molar-refractivity contribution < 1.29 is 24.0 Å². The number of benzene rings is 1. The lowest BCUT2D eigenvalue weighted by Gasteiger charge is -1.98. The maximum atomic E-state index is 11.7. The number of non-ortho nitro benzene ring substituents is 1. The van der Waals surface area contributed by atoms with Gasteiger partial charge in [0.25, 0.3) is 5.69 Å². The predicted molar refractivity (Wildman–Crippen MR) is 64.6 cm³/mol. The van der Waals surface area contributed by atoms with Crippen LogP contribution in [0.2, 0.25) is 0 Å². The van der Waals surface area contributed by atoms with Gasteiger partial charge in [0.1, 0.15) is 0 Å². The summed E-state index contributed by atoms with van der Waals surface area (Å²) in [4.78, 5) is 33.3. The summed E-state index contributed by atoms with van der Waals surface area (Å²) < 4.78 is 9.36. The van der Waals surface area contributed by atoms with E-state index in [-0.39, 0.29) is 10.8 Å². The van der Waals surface area contributed by atoms with Crippen LogP contribution < -0.4 is 0 Å². The van der Waals surface area contributed by atoms with Gasteiger partial charge in [0, 0.05) is 17.0 Å². The molecule has 1 fully saturated rings. The molecule has 100 valence electrons.